The highest BCUT2D eigenvalue weighted by atomic mass is 16.6. The van der Waals surface area contributed by atoms with Crippen molar-refractivity contribution in [3.8, 4) is 11.9 Å². The van der Waals surface area contributed by atoms with Crippen molar-refractivity contribution in [2.24, 2.45) is 29.1 Å². The number of carbonyl (C=O) groups excluding carboxylic acids is 3. The van der Waals surface area contributed by atoms with Crippen molar-refractivity contribution in [1.29, 1.82) is 5.26 Å². The minimum absolute atomic E-state index is 0.0820. The van der Waals surface area contributed by atoms with Crippen molar-refractivity contribution >= 4 is 29.0 Å². The van der Waals surface area contributed by atoms with Crippen LogP contribution in [0, 0.1) is 40.4 Å². The van der Waals surface area contributed by atoms with Crippen LogP contribution in [0.5, 0.6) is 5.88 Å². The molecule has 0 radical (unpaired) electrons. The van der Waals surface area contributed by atoms with Gasteiger partial charge in [0.1, 0.15) is 35.6 Å². The normalized spacial score (nSPS) is 31.2. The summed E-state index contributed by atoms with van der Waals surface area (Å²) < 4.78 is 18.5. The zero-order valence-corrected chi connectivity index (χ0v) is 29.2. The minimum Gasteiger partial charge on any atom is -0.471 e. The second kappa shape index (κ2) is 12.8. The molecule has 258 valence electrons. The van der Waals surface area contributed by atoms with Crippen molar-refractivity contribution in [2.45, 2.75) is 123 Å². The molecule has 3 heterocycles. The molecule has 2 bridgehead atoms. The van der Waals surface area contributed by atoms with Gasteiger partial charge in [-0.05, 0) is 94.2 Å². The van der Waals surface area contributed by atoms with Crippen LogP contribution in [0.25, 0.3) is 11.0 Å². The lowest BCUT2D eigenvalue weighted by molar-refractivity contribution is -0.165. The molecule has 2 saturated carbocycles. The fourth-order valence-electron chi connectivity index (χ4n) is 7.89. The van der Waals surface area contributed by atoms with E-state index in [1.807, 2.05) is 27.7 Å². The molecule has 1 aromatic heterocycles. The Balaban J connectivity index is 1.39. The van der Waals surface area contributed by atoms with E-state index in [9.17, 15) is 19.6 Å². The van der Waals surface area contributed by atoms with Gasteiger partial charge in [-0.1, -0.05) is 40.5 Å². The third-order valence-electron chi connectivity index (χ3n) is 10.4. The molecule has 2 aliphatic heterocycles. The maximum atomic E-state index is 14.5. The monoisotopic (exact) mass is 659 g/mol. The van der Waals surface area contributed by atoms with E-state index in [1.54, 1.807) is 39.0 Å². The van der Waals surface area contributed by atoms with Crippen LogP contribution in [0.1, 0.15) is 98.2 Å². The molecule has 1 N–H and O–H groups in total. The number of aryl methyl sites for hydroxylation is 1. The van der Waals surface area contributed by atoms with Crippen LogP contribution >= 0.6 is 0 Å². The van der Waals surface area contributed by atoms with E-state index in [4.69, 9.17) is 24.2 Å². The number of aromatic nitrogens is 2. The Kier molecular flexibility index (Phi) is 9.07. The van der Waals surface area contributed by atoms with E-state index in [0.717, 1.165) is 32.1 Å². The second-order valence-electron chi connectivity index (χ2n) is 16.3. The van der Waals surface area contributed by atoms with Gasteiger partial charge >= 0.3 is 12.1 Å². The summed E-state index contributed by atoms with van der Waals surface area (Å²) in [6.07, 6.45) is 5.16. The highest BCUT2D eigenvalue weighted by Gasteiger charge is 2.55. The molecule has 11 heteroatoms. The molecule has 11 nitrogen and oxygen atoms in total. The first-order valence-corrected chi connectivity index (χ1v) is 17.5. The van der Waals surface area contributed by atoms with Crippen molar-refractivity contribution in [2.75, 3.05) is 6.54 Å². The number of nitriles is 1. The molecule has 4 aliphatic rings. The summed E-state index contributed by atoms with van der Waals surface area (Å²) in [4.78, 5) is 53.1. The molecule has 1 saturated heterocycles. The third kappa shape index (κ3) is 7.08. The Bertz CT molecular complexity index is 1620. The number of carbonyl (C=O) groups is 3. The number of amides is 2. The minimum atomic E-state index is -0.963. The fourth-order valence-corrected chi connectivity index (χ4v) is 7.89. The number of rotatable bonds is 1. The van der Waals surface area contributed by atoms with E-state index in [2.05, 4.69) is 11.4 Å². The first-order valence-electron chi connectivity index (χ1n) is 17.5. The van der Waals surface area contributed by atoms with Crippen LogP contribution in [0.2, 0.25) is 0 Å². The molecule has 8 atom stereocenters. The zero-order chi connectivity index (χ0) is 34.5. The van der Waals surface area contributed by atoms with Gasteiger partial charge in [0.25, 0.3) is 0 Å². The number of hydrogen-bond acceptors (Lipinski definition) is 9. The molecule has 3 fully saturated rings. The van der Waals surface area contributed by atoms with Gasteiger partial charge in [-0.25, -0.2) is 19.6 Å². The molecule has 1 aromatic carbocycles. The number of hydrogen-bond donors (Lipinski definition) is 1. The number of benzene rings is 1. The van der Waals surface area contributed by atoms with Crippen molar-refractivity contribution < 1.29 is 28.6 Å². The molecule has 2 amide bonds. The summed E-state index contributed by atoms with van der Waals surface area (Å²) in [6.45, 7) is 13.0. The topological polar surface area (TPSA) is 144 Å². The molecule has 1 unspecified atom stereocenters. The van der Waals surface area contributed by atoms with E-state index in [0.29, 0.717) is 52.3 Å². The lowest BCUT2D eigenvalue weighted by Crippen LogP contribution is -2.58. The highest BCUT2D eigenvalue weighted by molar-refractivity contribution is 5.91. The van der Waals surface area contributed by atoms with E-state index < -0.39 is 53.1 Å². The van der Waals surface area contributed by atoms with Crippen LogP contribution in [-0.2, 0) is 25.5 Å². The van der Waals surface area contributed by atoms with Gasteiger partial charge in [0, 0.05) is 5.92 Å². The van der Waals surface area contributed by atoms with Crippen LogP contribution in [0.15, 0.2) is 18.2 Å². The standard InChI is InChI=1S/C37H49N5O6/c1-20-29-19-42(30(20)34(44)48-37(5,6)7)33(43)31(36(2,3)4)41-35(45)47-28-17-22-16-24(22)23(28)11-9-8-10-12-26-32(46-29)40-27-15-21(18-38)13-14-25(27)39-26/h13-15,20,22-24,28-31H,8-12,16-17,19H2,1-7H3,(H,41,45)/t20-,22?,23-,24+,28-,29+,30+,31-/m1/s1. The molecule has 0 spiro atoms. The quantitative estimate of drug-likeness (QED) is 0.380. The molecule has 6 rings (SSSR count). The summed E-state index contributed by atoms with van der Waals surface area (Å²) >= 11 is 0. The number of nitrogens with zero attached hydrogens (tertiary/aromatic N) is 4. The Morgan fingerprint density at radius 3 is 2.48 bits per heavy atom. The van der Waals surface area contributed by atoms with Gasteiger partial charge in [-0.2, -0.15) is 5.26 Å². The summed E-state index contributed by atoms with van der Waals surface area (Å²) in [5, 5.41) is 12.4. The average molecular weight is 660 g/mol. The first kappa shape index (κ1) is 33.9. The Morgan fingerprint density at radius 2 is 1.77 bits per heavy atom. The molecule has 48 heavy (non-hydrogen) atoms. The summed E-state index contributed by atoms with van der Waals surface area (Å²) in [5.41, 5.74) is 0.925. The summed E-state index contributed by atoms with van der Waals surface area (Å²) in [6, 6.07) is 5.47. The van der Waals surface area contributed by atoms with Crippen LogP contribution in [0.3, 0.4) is 0 Å². The molecular formula is C37H49N5O6. The molecular weight excluding hydrogens is 610 g/mol. The highest BCUT2D eigenvalue weighted by Crippen LogP contribution is 2.57. The molecule has 2 aliphatic carbocycles. The smallest absolute Gasteiger partial charge is 0.408 e. The van der Waals surface area contributed by atoms with Gasteiger partial charge in [0.15, 0.2) is 0 Å². The average Bonchev–Trinajstić information content (AvgIpc) is 3.57. The van der Waals surface area contributed by atoms with Gasteiger partial charge in [0.05, 0.1) is 29.2 Å². The van der Waals surface area contributed by atoms with Gasteiger partial charge < -0.3 is 24.4 Å². The second-order valence-corrected chi connectivity index (χ2v) is 16.3. The van der Waals surface area contributed by atoms with Crippen molar-refractivity contribution in [1.82, 2.24) is 20.2 Å². The first-order chi connectivity index (χ1) is 22.6. The number of alkyl carbamates (subject to hydrolysis) is 1. The summed E-state index contributed by atoms with van der Waals surface area (Å²) in [5.74, 6) is 0.452. The summed E-state index contributed by atoms with van der Waals surface area (Å²) in [7, 11) is 0. The Labute approximate surface area is 283 Å². The van der Waals surface area contributed by atoms with Crippen LogP contribution in [0.4, 0.5) is 4.79 Å². The van der Waals surface area contributed by atoms with E-state index >= 15 is 0 Å². The molecule has 2 aromatic rings. The Morgan fingerprint density at radius 1 is 1.00 bits per heavy atom. The predicted molar refractivity (Wildman–Crippen MR) is 178 cm³/mol. The van der Waals surface area contributed by atoms with Gasteiger partial charge in [-0.3, -0.25) is 4.79 Å². The van der Waals surface area contributed by atoms with Crippen LogP contribution < -0.4 is 10.1 Å². The third-order valence-corrected chi connectivity index (χ3v) is 10.4. The zero-order valence-electron chi connectivity index (χ0n) is 29.2. The number of nitrogens with one attached hydrogen (secondary N) is 1. The van der Waals surface area contributed by atoms with Crippen LogP contribution in [-0.4, -0.2) is 69.3 Å². The van der Waals surface area contributed by atoms with Gasteiger partial charge in [-0.15, -0.1) is 0 Å². The number of ether oxygens (including phenoxy) is 3. The maximum absolute atomic E-state index is 14.5. The SMILES string of the molecule is C[C@@H]1[C@@H]2CN(C(=O)[C@H](C(C)(C)C)NC(=O)O[C@@H]3CC4C[C@@H]4[C@H]3CCCCCc3nc4ccc(C#N)cc4nc3O2)[C@@H]1C(=O)OC(C)(C)C. The Hall–Kier alpha value is -3.94. The number of esters is 1. The van der Waals surface area contributed by atoms with E-state index in [-0.39, 0.29) is 12.6 Å². The maximum Gasteiger partial charge on any atom is 0.408 e. The van der Waals surface area contributed by atoms with Crippen molar-refractivity contribution in [3.63, 3.8) is 0 Å². The largest absolute Gasteiger partial charge is 0.471 e. The number of fused-ring (bicyclic) bond motifs is 7. The lowest BCUT2D eigenvalue weighted by atomic mass is 9.85. The van der Waals surface area contributed by atoms with Gasteiger partial charge in [0.2, 0.25) is 11.8 Å². The van der Waals surface area contributed by atoms with Crippen molar-refractivity contribution in [3.05, 3.63) is 29.5 Å². The van der Waals surface area contributed by atoms with E-state index in [1.165, 1.54) is 11.3 Å². The lowest BCUT2D eigenvalue weighted by Gasteiger charge is -2.36. The fraction of sp³-hybridized carbons (Fsp3) is 0.676. The predicted octanol–water partition coefficient (Wildman–Crippen LogP) is 5.72.